The van der Waals surface area contributed by atoms with Crippen molar-refractivity contribution in [3.8, 4) is 0 Å². The number of nitrogens with one attached hydrogen (secondary N) is 1. The minimum Gasteiger partial charge on any atom is -0.397 e. The molecule has 0 spiro atoms. The number of nitrogen functional groups attached to an aromatic ring is 1. The predicted molar refractivity (Wildman–Crippen MR) is 70.7 cm³/mol. The van der Waals surface area contributed by atoms with Crippen molar-refractivity contribution in [3.63, 3.8) is 0 Å². The van der Waals surface area contributed by atoms with Crippen LogP contribution in [0.3, 0.4) is 0 Å². The zero-order valence-electron chi connectivity index (χ0n) is 9.82. The number of pyridine rings is 1. The smallest absolute Gasteiger partial charge is 0.126 e. The van der Waals surface area contributed by atoms with Crippen molar-refractivity contribution in [2.24, 2.45) is 0 Å². The number of nitrogens with two attached hydrogens (primary N) is 1. The van der Waals surface area contributed by atoms with Gasteiger partial charge < -0.3 is 11.1 Å². The number of allylic oxidation sites excluding steroid dienone is 2. The van der Waals surface area contributed by atoms with Crippen molar-refractivity contribution >= 4 is 11.5 Å². The summed E-state index contributed by atoms with van der Waals surface area (Å²) in [6.07, 6.45) is 11.0. The lowest BCUT2D eigenvalue weighted by atomic mass is 10.0. The number of anilines is 2. The van der Waals surface area contributed by atoms with Crippen molar-refractivity contribution in [3.05, 3.63) is 41.6 Å². The van der Waals surface area contributed by atoms with Gasteiger partial charge in [-0.3, -0.25) is 0 Å². The Kier molecular flexibility index (Phi) is 2.59. The Morgan fingerprint density at radius 2 is 2.24 bits per heavy atom. The quantitative estimate of drug-likeness (QED) is 0.816. The number of nitrogens with zero attached hydrogens (tertiary/aromatic N) is 1. The minimum absolute atomic E-state index is 0.499. The lowest BCUT2D eigenvalue weighted by Crippen LogP contribution is -2.16. The van der Waals surface area contributed by atoms with E-state index in [2.05, 4.69) is 22.5 Å². The molecule has 0 aliphatic heterocycles. The Morgan fingerprint density at radius 1 is 1.29 bits per heavy atom. The summed E-state index contributed by atoms with van der Waals surface area (Å²) in [4.78, 5) is 4.29. The largest absolute Gasteiger partial charge is 0.397 e. The number of rotatable bonds is 2. The maximum absolute atomic E-state index is 5.62. The molecule has 3 N–H and O–H groups in total. The molecular weight excluding hydrogens is 210 g/mol. The molecule has 3 rings (SSSR count). The topological polar surface area (TPSA) is 50.9 Å². The van der Waals surface area contributed by atoms with Crippen LogP contribution in [0.25, 0.3) is 0 Å². The first-order valence-corrected chi connectivity index (χ1v) is 6.17. The molecule has 1 heterocycles. The van der Waals surface area contributed by atoms with Crippen molar-refractivity contribution in [1.29, 1.82) is 0 Å². The Hall–Kier alpha value is -1.77. The molecule has 0 amide bonds. The van der Waals surface area contributed by atoms with E-state index >= 15 is 0 Å². The summed E-state index contributed by atoms with van der Waals surface area (Å²) in [6, 6.07) is 4.33. The summed E-state index contributed by atoms with van der Waals surface area (Å²) in [5, 5.41) is 3.48. The number of hydrogen-bond donors (Lipinski definition) is 2. The second kappa shape index (κ2) is 4.24. The summed E-state index contributed by atoms with van der Waals surface area (Å²) in [7, 11) is 0. The highest BCUT2D eigenvalue weighted by molar-refractivity contribution is 5.46. The van der Waals surface area contributed by atoms with Crippen LogP contribution < -0.4 is 11.1 Å². The van der Waals surface area contributed by atoms with Crippen LogP contribution in [-0.4, -0.2) is 11.0 Å². The zero-order valence-corrected chi connectivity index (χ0v) is 9.82. The van der Waals surface area contributed by atoms with Gasteiger partial charge in [0.1, 0.15) is 5.82 Å². The molecule has 0 saturated carbocycles. The number of hydrogen-bond acceptors (Lipinski definition) is 3. The predicted octanol–water partition coefficient (Wildman–Crippen LogP) is 2.88. The van der Waals surface area contributed by atoms with Gasteiger partial charge in [0.05, 0.1) is 11.9 Å². The Labute approximate surface area is 101 Å². The lowest BCUT2D eigenvalue weighted by Gasteiger charge is -2.13. The third-order valence-corrected chi connectivity index (χ3v) is 3.48. The van der Waals surface area contributed by atoms with Gasteiger partial charge in [0, 0.05) is 6.04 Å². The van der Waals surface area contributed by atoms with Gasteiger partial charge in [-0.25, -0.2) is 4.98 Å². The minimum atomic E-state index is 0.499. The van der Waals surface area contributed by atoms with Crippen LogP contribution >= 0.6 is 0 Å². The van der Waals surface area contributed by atoms with E-state index < -0.39 is 0 Å². The molecule has 2 aliphatic rings. The monoisotopic (exact) mass is 227 g/mol. The summed E-state index contributed by atoms with van der Waals surface area (Å²) in [5.41, 5.74) is 9.49. The van der Waals surface area contributed by atoms with Crippen molar-refractivity contribution in [1.82, 2.24) is 4.98 Å². The first kappa shape index (κ1) is 10.4. The molecule has 2 aliphatic carbocycles. The molecule has 1 unspecified atom stereocenters. The van der Waals surface area contributed by atoms with E-state index in [9.17, 15) is 0 Å². The lowest BCUT2D eigenvalue weighted by molar-refractivity contribution is 0.750. The van der Waals surface area contributed by atoms with E-state index in [1.807, 2.05) is 12.1 Å². The molecular formula is C14H17N3. The van der Waals surface area contributed by atoms with Crippen LogP contribution in [0.4, 0.5) is 11.5 Å². The van der Waals surface area contributed by atoms with Crippen molar-refractivity contribution in [2.75, 3.05) is 11.1 Å². The second-order valence-electron chi connectivity index (χ2n) is 4.80. The van der Waals surface area contributed by atoms with Crippen LogP contribution in [0.5, 0.6) is 0 Å². The average Bonchev–Trinajstić information content (AvgIpc) is 2.74. The van der Waals surface area contributed by atoms with Gasteiger partial charge in [0.2, 0.25) is 0 Å². The fourth-order valence-electron chi connectivity index (χ4n) is 2.64. The molecule has 0 bridgehead atoms. The van der Waals surface area contributed by atoms with Gasteiger partial charge in [-0.2, -0.15) is 0 Å². The van der Waals surface area contributed by atoms with Crippen LogP contribution in [0.2, 0.25) is 0 Å². The fourth-order valence-corrected chi connectivity index (χ4v) is 2.64. The highest BCUT2D eigenvalue weighted by Crippen LogP contribution is 2.34. The van der Waals surface area contributed by atoms with Gasteiger partial charge in [-0.1, -0.05) is 17.7 Å². The molecule has 0 radical (unpaired) electrons. The molecule has 3 nitrogen and oxygen atoms in total. The standard InChI is InChI=1S/C14H17N3/c15-12-5-6-14(16-9-12)17-13-7-10-3-1-2-4-11(10)8-13/h1,3,5-6,9,13H,2,4,7-8,15H2,(H,16,17). The summed E-state index contributed by atoms with van der Waals surface area (Å²) >= 11 is 0. The molecule has 1 aromatic rings. The number of aromatic nitrogens is 1. The SMILES string of the molecule is Nc1ccc(NC2CC3=C(CCC=C3)C2)nc1. The van der Waals surface area contributed by atoms with Gasteiger partial charge in [-0.15, -0.1) is 0 Å². The van der Waals surface area contributed by atoms with Crippen LogP contribution in [0.15, 0.2) is 41.6 Å². The summed E-state index contributed by atoms with van der Waals surface area (Å²) < 4.78 is 0. The van der Waals surface area contributed by atoms with E-state index in [1.165, 1.54) is 18.4 Å². The van der Waals surface area contributed by atoms with Gasteiger partial charge in [0.15, 0.2) is 0 Å². The molecule has 3 heteroatoms. The molecule has 1 atom stereocenters. The Bertz CT molecular complexity index is 471. The Balaban J connectivity index is 1.65. The molecule has 88 valence electrons. The van der Waals surface area contributed by atoms with Gasteiger partial charge in [-0.05, 0) is 43.4 Å². The first-order chi connectivity index (χ1) is 8.31. The average molecular weight is 227 g/mol. The van der Waals surface area contributed by atoms with Gasteiger partial charge in [0.25, 0.3) is 0 Å². The maximum atomic E-state index is 5.62. The summed E-state index contributed by atoms with van der Waals surface area (Å²) in [6.45, 7) is 0. The summed E-state index contributed by atoms with van der Waals surface area (Å²) in [5.74, 6) is 0.924. The molecule has 0 aromatic carbocycles. The second-order valence-corrected chi connectivity index (χ2v) is 4.80. The van der Waals surface area contributed by atoms with Crippen LogP contribution in [0, 0.1) is 0 Å². The van der Waals surface area contributed by atoms with E-state index in [0.717, 1.165) is 18.7 Å². The van der Waals surface area contributed by atoms with Crippen molar-refractivity contribution in [2.45, 2.75) is 31.7 Å². The van der Waals surface area contributed by atoms with E-state index in [0.29, 0.717) is 11.7 Å². The zero-order chi connectivity index (χ0) is 11.7. The third-order valence-electron chi connectivity index (χ3n) is 3.48. The van der Waals surface area contributed by atoms with E-state index in [-0.39, 0.29) is 0 Å². The van der Waals surface area contributed by atoms with Crippen LogP contribution in [-0.2, 0) is 0 Å². The normalized spacial score (nSPS) is 22.7. The van der Waals surface area contributed by atoms with Crippen LogP contribution in [0.1, 0.15) is 25.7 Å². The van der Waals surface area contributed by atoms with Gasteiger partial charge >= 0.3 is 0 Å². The van der Waals surface area contributed by atoms with E-state index in [4.69, 9.17) is 5.73 Å². The highest BCUT2D eigenvalue weighted by Gasteiger charge is 2.23. The first-order valence-electron chi connectivity index (χ1n) is 6.17. The third kappa shape index (κ3) is 2.18. The Morgan fingerprint density at radius 3 is 3.00 bits per heavy atom. The molecule has 0 fully saturated rings. The maximum Gasteiger partial charge on any atom is 0.126 e. The fraction of sp³-hybridized carbons (Fsp3) is 0.357. The molecule has 0 saturated heterocycles. The van der Waals surface area contributed by atoms with E-state index in [1.54, 1.807) is 11.8 Å². The molecule has 17 heavy (non-hydrogen) atoms. The van der Waals surface area contributed by atoms with Crippen molar-refractivity contribution < 1.29 is 0 Å². The molecule has 1 aromatic heterocycles. The highest BCUT2D eigenvalue weighted by atomic mass is 15.0.